The van der Waals surface area contributed by atoms with E-state index in [9.17, 15) is 5.11 Å². The number of anilines is 1. The number of rotatable bonds is 3. The topological polar surface area (TPSA) is 45.6 Å². The van der Waals surface area contributed by atoms with Crippen molar-refractivity contribution in [2.45, 2.75) is 65.2 Å². The predicted octanol–water partition coefficient (Wildman–Crippen LogP) is 2.88. The van der Waals surface area contributed by atoms with E-state index in [0.717, 1.165) is 36.6 Å². The van der Waals surface area contributed by atoms with E-state index in [1.807, 2.05) is 12.1 Å². The highest BCUT2D eigenvalue weighted by Gasteiger charge is 2.28. The fourth-order valence-electron chi connectivity index (χ4n) is 2.66. The Bertz CT molecular complexity index is 482. The van der Waals surface area contributed by atoms with Crippen LogP contribution in [0.3, 0.4) is 0 Å². The third-order valence-electron chi connectivity index (χ3n) is 4.06. The van der Waals surface area contributed by atoms with Crippen molar-refractivity contribution in [2.24, 2.45) is 0 Å². The van der Waals surface area contributed by atoms with E-state index in [1.54, 1.807) is 0 Å². The number of hydrogen-bond acceptors (Lipinski definition) is 4. The second kappa shape index (κ2) is 6.32. The summed E-state index contributed by atoms with van der Waals surface area (Å²) in [7, 11) is 0. The molecule has 1 saturated heterocycles. The Morgan fingerprint density at radius 1 is 1.38 bits per heavy atom. The molecular formula is C17H28N2O2. The van der Waals surface area contributed by atoms with Gasteiger partial charge in [-0.25, -0.2) is 4.98 Å². The summed E-state index contributed by atoms with van der Waals surface area (Å²) in [5.74, 6) is 0.966. The van der Waals surface area contributed by atoms with Gasteiger partial charge in [-0.1, -0.05) is 27.7 Å². The Morgan fingerprint density at radius 3 is 2.67 bits per heavy atom. The molecule has 1 aromatic rings. The monoisotopic (exact) mass is 292 g/mol. The summed E-state index contributed by atoms with van der Waals surface area (Å²) >= 11 is 0. The molecule has 2 unspecified atom stereocenters. The first-order valence-electron chi connectivity index (χ1n) is 7.85. The van der Waals surface area contributed by atoms with Crippen LogP contribution in [0.4, 0.5) is 5.82 Å². The summed E-state index contributed by atoms with van der Waals surface area (Å²) < 4.78 is 5.77. The number of aliphatic hydroxyl groups is 1. The van der Waals surface area contributed by atoms with E-state index in [1.165, 1.54) is 0 Å². The molecule has 2 rings (SSSR count). The van der Waals surface area contributed by atoms with Gasteiger partial charge in [0, 0.05) is 17.7 Å². The summed E-state index contributed by atoms with van der Waals surface area (Å²) in [5.41, 5.74) is 1.93. The highest BCUT2D eigenvalue weighted by molar-refractivity contribution is 5.45. The van der Waals surface area contributed by atoms with E-state index in [2.05, 4.69) is 39.5 Å². The van der Waals surface area contributed by atoms with Gasteiger partial charge in [-0.05, 0) is 31.0 Å². The molecule has 1 aliphatic heterocycles. The Hall–Kier alpha value is -1.13. The van der Waals surface area contributed by atoms with Gasteiger partial charge in [-0.3, -0.25) is 0 Å². The molecule has 0 aromatic carbocycles. The number of morpholine rings is 1. The molecule has 2 atom stereocenters. The van der Waals surface area contributed by atoms with Crippen molar-refractivity contribution in [1.29, 1.82) is 0 Å². The molecule has 1 N–H and O–H groups in total. The van der Waals surface area contributed by atoms with E-state index < -0.39 is 0 Å². The Morgan fingerprint density at radius 2 is 2.10 bits per heavy atom. The molecule has 4 heteroatoms. The van der Waals surface area contributed by atoms with Crippen LogP contribution in [-0.4, -0.2) is 35.4 Å². The normalized spacial score (nSPS) is 23.4. The van der Waals surface area contributed by atoms with E-state index in [-0.39, 0.29) is 18.1 Å². The van der Waals surface area contributed by atoms with Crippen molar-refractivity contribution in [3.63, 3.8) is 0 Å². The van der Waals surface area contributed by atoms with E-state index in [0.29, 0.717) is 6.04 Å². The zero-order valence-electron chi connectivity index (χ0n) is 13.9. The molecule has 0 amide bonds. The summed E-state index contributed by atoms with van der Waals surface area (Å²) in [4.78, 5) is 7.20. The van der Waals surface area contributed by atoms with Crippen LogP contribution in [0.15, 0.2) is 12.1 Å². The zero-order chi connectivity index (χ0) is 15.6. The molecule has 0 aliphatic carbocycles. The molecular weight excluding hydrogens is 264 g/mol. The predicted molar refractivity (Wildman–Crippen MR) is 85.7 cm³/mol. The second-order valence-corrected chi connectivity index (χ2v) is 6.99. The van der Waals surface area contributed by atoms with Crippen molar-refractivity contribution < 1.29 is 9.84 Å². The number of nitrogens with zero attached hydrogens (tertiary/aromatic N) is 2. The van der Waals surface area contributed by atoms with Crippen molar-refractivity contribution in [3.8, 4) is 0 Å². The smallest absolute Gasteiger partial charge is 0.129 e. The molecule has 1 aliphatic rings. The lowest BCUT2D eigenvalue weighted by Gasteiger charge is -2.39. The quantitative estimate of drug-likeness (QED) is 0.930. The fraction of sp³-hybridized carbons (Fsp3) is 0.706. The highest BCUT2D eigenvalue weighted by Crippen LogP contribution is 2.28. The van der Waals surface area contributed by atoms with Gasteiger partial charge in [0.15, 0.2) is 0 Å². The number of aliphatic hydroxyl groups excluding tert-OH is 1. The van der Waals surface area contributed by atoms with Crippen LogP contribution in [0.5, 0.6) is 0 Å². The van der Waals surface area contributed by atoms with Gasteiger partial charge in [0.1, 0.15) is 5.82 Å². The maximum absolute atomic E-state index is 9.55. The lowest BCUT2D eigenvalue weighted by Crippen LogP contribution is -2.49. The van der Waals surface area contributed by atoms with Gasteiger partial charge < -0.3 is 14.7 Å². The van der Waals surface area contributed by atoms with Crippen molar-refractivity contribution in [2.75, 3.05) is 18.1 Å². The van der Waals surface area contributed by atoms with Crippen LogP contribution in [-0.2, 0) is 16.8 Å². The molecule has 21 heavy (non-hydrogen) atoms. The van der Waals surface area contributed by atoms with Gasteiger partial charge >= 0.3 is 0 Å². The SMILES string of the molecule is CCC1COC(C)CN1c1cc(CO)cc(C(C)(C)C)n1. The zero-order valence-corrected chi connectivity index (χ0v) is 13.9. The molecule has 2 heterocycles. The van der Waals surface area contributed by atoms with Gasteiger partial charge in [-0.15, -0.1) is 0 Å². The molecule has 0 bridgehead atoms. The lowest BCUT2D eigenvalue weighted by atomic mass is 9.90. The Labute approximate surface area is 128 Å². The molecule has 4 nitrogen and oxygen atoms in total. The number of aromatic nitrogens is 1. The second-order valence-electron chi connectivity index (χ2n) is 6.99. The summed E-state index contributed by atoms with van der Waals surface area (Å²) in [6.07, 6.45) is 1.24. The Kier molecular flexibility index (Phi) is 4.89. The molecule has 0 radical (unpaired) electrons. The summed E-state index contributed by atoms with van der Waals surface area (Å²) in [6, 6.07) is 4.38. The number of ether oxygens (including phenoxy) is 1. The molecule has 1 aromatic heterocycles. The average Bonchev–Trinajstić information content (AvgIpc) is 2.45. The van der Waals surface area contributed by atoms with Crippen molar-refractivity contribution >= 4 is 5.82 Å². The molecule has 118 valence electrons. The van der Waals surface area contributed by atoms with Crippen LogP contribution >= 0.6 is 0 Å². The Balaban J connectivity index is 2.41. The number of hydrogen-bond donors (Lipinski definition) is 1. The van der Waals surface area contributed by atoms with Gasteiger partial charge in [0.05, 0.1) is 25.4 Å². The third-order valence-corrected chi connectivity index (χ3v) is 4.06. The number of pyridine rings is 1. The van der Waals surface area contributed by atoms with Crippen molar-refractivity contribution in [1.82, 2.24) is 4.98 Å². The minimum absolute atomic E-state index is 0.0282. The first kappa shape index (κ1) is 16.2. The van der Waals surface area contributed by atoms with Gasteiger partial charge in [0.25, 0.3) is 0 Å². The largest absolute Gasteiger partial charge is 0.392 e. The van der Waals surface area contributed by atoms with Crippen LogP contribution in [0.2, 0.25) is 0 Å². The first-order chi connectivity index (χ1) is 9.85. The van der Waals surface area contributed by atoms with Crippen LogP contribution in [0.25, 0.3) is 0 Å². The maximum Gasteiger partial charge on any atom is 0.129 e. The van der Waals surface area contributed by atoms with Crippen molar-refractivity contribution in [3.05, 3.63) is 23.4 Å². The van der Waals surface area contributed by atoms with Crippen LogP contribution in [0.1, 0.15) is 52.3 Å². The minimum atomic E-state index is -0.0282. The minimum Gasteiger partial charge on any atom is -0.392 e. The highest BCUT2D eigenvalue weighted by atomic mass is 16.5. The average molecular weight is 292 g/mol. The standard InChI is InChI=1S/C17H28N2O2/c1-6-14-11-21-12(2)9-19(14)16-8-13(10-20)7-15(18-16)17(3,4)5/h7-8,12,14,20H,6,9-11H2,1-5H3. The first-order valence-corrected chi connectivity index (χ1v) is 7.85. The molecule has 0 spiro atoms. The summed E-state index contributed by atoms with van der Waals surface area (Å²) in [6.45, 7) is 12.4. The molecule has 0 saturated carbocycles. The van der Waals surface area contributed by atoms with Crippen LogP contribution in [0, 0.1) is 0 Å². The van der Waals surface area contributed by atoms with Gasteiger partial charge in [-0.2, -0.15) is 0 Å². The van der Waals surface area contributed by atoms with Gasteiger partial charge in [0.2, 0.25) is 0 Å². The summed E-state index contributed by atoms with van der Waals surface area (Å²) in [5, 5.41) is 9.55. The lowest BCUT2D eigenvalue weighted by molar-refractivity contribution is 0.0296. The maximum atomic E-state index is 9.55. The van der Waals surface area contributed by atoms with Crippen LogP contribution < -0.4 is 4.90 Å². The van der Waals surface area contributed by atoms with E-state index >= 15 is 0 Å². The molecule has 1 fully saturated rings. The van der Waals surface area contributed by atoms with E-state index in [4.69, 9.17) is 9.72 Å². The third kappa shape index (κ3) is 3.74. The fourth-order valence-corrected chi connectivity index (χ4v) is 2.66.